The van der Waals surface area contributed by atoms with Crippen LogP contribution in [0.5, 0.6) is 5.75 Å². The Morgan fingerprint density at radius 2 is 1.75 bits per heavy atom. The van der Waals surface area contributed by atoms with Crippen LogP contribution in [0.3, 0.4) is 0 Å². The number of ketones is 1. The number of nitrogens with zero attached hydrogens (tertiary/aromatic N) is 1. The highest BCUT2D eigenvalue weighted by Gasteiger charge is 2.27. The Balaban J connectivity index is 2.04. The van der Waals surface area contributed by atoms with E-state index in [0.29, 0.717) is 5.56 Å². The molecule has 3 heteroatoms. The SMILES string of the molecule is COc1ccc2nc3c(cc2c1)C(=O)c1ccccc1-3. The van der Waals surface area contributed by atoms with E-state index in [2.05, 4.69) is 4.98 Å². The lowest BCUT2D eigenvalue weighted by atomic mass is 10.1. The second kappa shape index (κ2) is 3.90. The molecule has 20 heavy (non-hydrogen) atoms. The van der Waals surface area contributed by atoms with E-state index in [1.165, 1.54) is 0 Å². The lowest BCUT2D eigenvalue weighted by molar-refractivity contribution is 0.104. The van der Waals surface area contributed by atoms with E-state index in [9.17, 15) is 4.79 Å². The minimum absolute atomic E-state index is 0.0489. The topological polar surface area (TPSA) is 39.2 Å². The van der Waals surface area contributed by atoms with Crippen LogP contribution in [-0.2, 0) is 0 Å². The van der Waals surface area contributed by atoms with Gasteiger partial charge in [-0.05, 0) is 24.3 Å². The van der Waals surface area contributed by atoms with Gasteiger partial charge in [0, 0.05) is 22.1 Å². The summed E-state index contributed by atoms with van der Waals surface area (Å²) in [6.07, 6.45) is 0. The van der Waals surface area contributed by atoms with Crippen LogP contribution in [-0.4, -0.2) is 17.9 Å². The number of carbonyl (C=O) groups excluding carboxylic acids is 1. The normalized spacial score (nSPS) is 12.3. The number of hydrogen-bond donors (Lipinski definition) is 0. The molecule has 1 aromatic heterocycles. The third-order valence-corrected chi connectivity index (χ3v) is 3.69. The van der Waals surface area contributed by atoms with Crippen molar-refractivity contribution in [3.05, 3.63) is 59.7 Å². The van der Waals surface area contributed by atoms with Crippen LogP contribution < -0.4 is 4.74 Å². The number of methoxy groups -OCH3 is 1. The Hall–Kier alpha value is -2.68. The molecule has 0 saturated heterocycles. The number of ether oxygens (including phenoxy) is 1. The fourth-order valence-electron chi connectivity index (χ4n) is 2.69. The van der Waals surface area contributed by atoms with Crippen molar-refractivity contribution >= 4 is 16.7 Å². The van der Waals surface area contributed by atoms with E-state index in [1.807, 2.05) is 48.5 Å². The Morgan fingerprint density at radius 3 is 2.55 bits per heavy atom. The van der Waals surface area contributed by atoms with Crippen LogP contribution in [0, 0.1) is 0 Å². The molecule has 0 amide bonds. The van der Waals surface area contributed by atoms with Gasteiger partial charge in [-0.15, -0.1) is 0 Å². The maximum absolute atomic E-state index is 12.4. The van der Waals surface area contributed by atoms with E-state index < -0.39 is 0 Å². The third-order valence-electron chi connectivity index (χ3n) is 3.69. The molecule has 0 unspecified atom stereocenters. The van der Waals surface area contributed by atoms with Crippen molar-refractivity contribution < 1.29 is 9.53 Å². The molecule has 3 nitrogen and oxygen atoms in total. The van der Waals surface area contributed by atoms with Gasteiger partial charge in [-0.1, -0.05) is 24.3 Å². The van der Waals surface area contributed by atoms with Crippen LogP contribution in [0.2, 0.25) is 0 Å². The highest BCUT2D eigenvalue weighted by atomic mass is 16.5. The molecule has 2 aromatic carbocycles. The lowest BCUT2D eigenvalue weighted by Gasteiger charge is -2.05. The van der Waals surface area contributed by atoms with Crippen LogP contribution in [0.25, 0.3) is 22.2 Å². The quantitative estimate of drug-likeness (QED) is 0.526. The fraction of sp³-hybridized carbons (Fsp3) is 0.0588. The first kappa shape index (κ1) is 11.2. The zero-order chi connectivity index (χ0) is 13.7. The van der Waals surface area contributed by atoms with E-state index in [0.717, 1.165) is 33.5 Å². The predicted octanol–water partition coefficient (Wildman–Crippen LogP) is 3.45. The van der Waals surface area contributed by atoms with Crippen molar-refractivity contribution in [2.24, 2.45) is 0 Å². The van der Waals surface area contributed by atoms with E-state index in [-0.39, 0.29) is 5.78 Å². The number of benzene rings is 2. The van der Waals surface area contributed by atoms with Gasteiger partial charge in [0.25, 0.3) is 0 Å². The van der Waals surface area contributed by atoms with Crippen LogP contribution in [0.15, 0.2) is 48.5 Å². The smallest absolute Gasteiger partial charge is 0.195 e. The van der Waals surface area contributed by atoms with Gasteiger partial charge in [-0.2, -0.15) is 0 Å². The van der Waals surface area contributed by atoms with Crippen LogP contribution in [0.4, 0.5) is 0 Å². The third kappa shape index (κ3) is 1.40. The molecule has 0 fully saturated rings. The molecule has 0 atom stereocenters. The van der Waals surface area contributed by atoms with Gasteiger partial charge >= 0.3 is 0 Å². The Bertz CT molecular complexity index is 868. The molecule has 1 heterocycles. The zero-order valence-electron chi connectivity index (χ0n) is 10.9. The van der Waals surface area contributed by atoms with Crippen molar-refractivity contribution in [1.29, 1.82) is 0 Å². The van der Waals surface area contributed by atoms with Crippen molar-refractivity contribution in [2.45, 2.75) is 0 Å². The van der Waals surface area contributed by atoms with E-state index in [4.69, 9.17) is 4.74 Å². The van der Waals surface area contributed by atoms with Gasteiger partial charge in [0.05, 0.1) is 18.3 Å². The number of pyridine rings is 1. The Kier molecular flexibility index (Phi) is 2.18. The molecular weight excluding hydrogens is 250 g/mol. The van der Waals surface area contributed by atoms with Gasteiger partial charge in [0.1, 0.15) is 5.75 Å². The largest absolute Gasteiger partial charge is 0.497 e. The average molecular weight is 261 g/mol. The van der Waals surface area contributed by atoms with Gasteiger partial charge in [-0.3, -0.25) is 4.79 Å². The fourth-order valence-corrected chi connectivity index (χ4v) is 2.69. The molecule has 1 aliphatic carbocycles. The van der Waals surface area contributed by atoms with Gasteiger partial charge in [-0.25, -0.2) is 4.98 Å². The first-order chi connectivity index (χ1) is 9.78. The summed E-state index contributed by atoms with van der Waals surface area (Å²) in [5.41, 5.74) is 3.98. The van der Waals surface area contributed by atoms with Crippen molar-refractivity contribution in [3.63, 3.8) is 0 Å². The Morgan fingerprint density at radius 1 is 0.950 bits per heavy atom. The van der Waals surface area contributed by atoms with E-state index >= 15 is 0 Å². The van der Waals surface area contributed by atoms with Crippen LogP contribution >= 0.6 is 0 Å². The zero-order valence-corrected chi connectivity index (χ0v) is 10.9. The van der Waals surface area contributed by atoms with Gasteiger partial charge in [0.2, 0.25) is 0 Å². The molecule has 96 valence electrons. The molecular formula is C17H11NO2. The molecule has 0 saturated carbocycles. The molecule has 0 spiro atoms. The lowest BCUT2D eigenvalue weighted by Crippen LogP contribution is -1.95. The highest BCUT2D eigenvalue weighted by molar-refractivity contribution is 6.22. The minimum atomic E-state index is 0.0489. The molecule has 0 N–H and O–H groups in total. The van der Waals surface area contributed by atoms with Gasteiger partial charge < -0.3 is 4.74 Å². The number of hydrogen-bond acceptors (Lipinski definition) is 3. The maximum Gasteiger partial charge on any atom is 0.195 e. The monoisotopic (exact) mass is 261 g/mol. The number of rotatable bonds is 1. The summed E-state index contributed by atoms with van der Waals surface area (Å²) in [5, 5.41) is 0.921. The Labute approximate surface area is 115 Å². The summed E-state index contributed by atoms with van der Waals surface area (Å²) >= 11 is 0. The number of carbonyl (C=O) groups is 1. The summed E-state index contributed by atoms with van der Waals surface area (Å²) < 4.78 is 5.22. The minimum Gasteiger partial charge on any atom is -0.497 e. The van der Waals surface area contributed by atoms with Crippen molar-refractivity contribution in [3.8, 4) is 17.0 Å². The summed E-state index contributed by atoms with van der Waals surface area (Å²) in [7, 11) is 1.63. The summed E-state index contributed by atoms with van der Waals surface area (Å²) in [6.45, 7) is 0. The van der Waals surface area contributed by atoms with E-state index in [1.54, 1.807) is 7.11 Å². The molecule has 3 aromatic rings. The molecule has 1 aliphatic rings. The molecule has 4 rings (SSSR count). The van der Waals surface area contributed by atoms with Gasteiger partial charge in [0.15, 0.2) is 5.78 Å². The predicted molar refractivity (Wildman–Crippen MR) is 77.2 cm³/mol. The molecule has 0 radical (unpaired) electrons. The second-order valence-electron chi connectivity index (χ2n) is 4.82. The number of fused-ring (bicyclic) bond motifs is 4. The number of aromatic nitrogens is 1. The molecule has 0 aliphatic heterocycles. The molecule has 0 bridgehead atoms. The maximum atomic E-state index is 12.4. The first-order valence-electron chi connectivity index (χ1n) is 6.41. The standard InChI is InChI=1S/C17H11NO2/c1-20-11-6-7-15-10(8-11)9-14-16(18-15)12-4-2-3-5-13(12)17(14)19/h2-9H,1H3. The second-order valence-corrected chi connectivity index (χ2v) is 4.82. The van der Waals surface area contributed by atoms with Crippen LogP contribution in [0.1, 0.15) is 15.9 Å². The summed E-state index contributed by atoms with van der Waals surface area (Å²) in [5.74, 6) is 0.815. The first-order valence-corrected chi connectivity index (χ1v) is 6.41. The summed E-state index contributed by atoms with van der Waals surface area (Å²) in [6, 6.07) is 15.2. The average Bonchev–Trinajstić information content (AvgIpc) is 2.78. The highest BCUT2D eigenvalue weighted by Crippen LogP contribution is 2.37. The van der Waals surface area contributed by atoms with Crippen molar-refractivity contribution in [2.75, 3.05) is 7.11 Å². The van der Waals surface area contributed by atoms with Crippen molar-refractivity contribution in [1.82, 2.24) is 4.98 Å². The summed E-state index contributed by atoms with van der Waals surface area (Å²) in [4.78, 5) is 17.1.